The molecule has 1 aromatic carbocycles. The second-order valence-electron chi connectivity index (χ2n) is 2.92. The summed E-state index contributed by atoms with van der Waals surface area (Å²) < 4.78 is 12.6. The van der Waals surface area contributed by atoms with Crippen LogP contribution >= 0.6 is 11.3 Å². The molecule has 0 saturated heterocycles. The molecule has 2 N–H and O–H groups in total. The number of rotatable bonds is 2. The van der Waals surface area contributed by atoms with E-state index in [1.54, 1.807) is 11.6 Å². The average Bonchev–Trinajstić information content (AvgIpc) is 2.74. The van der Waals surface area contributed by atoms with Gasteiger partial charge in [0.15, 0.2) is 5.13 Å². The molecule has 4 nitrogen and oxygen atoms in total. The number of hydrogen-bond donors (Lipinski definition) is 2. The molecule has 0 fully saturated rings. The minimum absolute atomic E-state index is 0.342. The summed E-state index contributed by atoms with van der Waals surface area (Å²) in [4.78, 5) is 15.3. The van der Waals surface area contributed by atoms with Crippen molar-refractivity contribution < 1.29 is 9.18 Å². The van der Waals surface area contributed by atoms with Crippen LogP contribution in [0.1, 0.15) is 0 Å². The molecular formula is C10H8FN3OS. The van der Waals surface area contributed by atoms with Crippen molar-refractivity contribution in [3.8, 4) is 0 Å². The lowest BCUT2D eigenvalue weighted by atomic mass is 10.3. The van der Waals surface area contributed by atoms with Gasteiger partial charge in [-0.05, 0) is 24.3 Å². The smallest absolute Gasteiger partial charge is 0.308 e. The lowest BCUT2D eigenvalue weighted by Gasteiger charge is -2.04. The Kier molecular flexibility index (Phi) is 3.11. The first-order valence-electron chi connectivity index (χ1n) is 4.47. The molecule has 6 heteroatoms. The first-order chi connectivity index (χ1) is 7.74. The van der Waals surface area contributed by atoms with Gasteiger partial charge in [0.2, 0.25) is 0 Å². The zero-order valence-electron chi connectivity index (χ0n) is 8.11. The van der Waals surface area contributed by atoms with E-state index in [9.17, 15) is 9.18 Å². The maximum Gasteiger partial charge on any atom is 0.325 e. The summed E-state index contributed by atoms with van der Waals surface area (Å²) in [5.41, 5.74) is 0.524. The highest BCUT2D eigenvalue weighted by Gasteiger charge is 2.03. The summed E-state index contributed by atoms with van der Waals surface area (Å²) in [5.74, 6) is -0.342. The number of nitrogens with zero attached hydrogens (tertiary/aromatic N) is 1. The minimum Gasteiger partial charge on any atom is -0.308 e. The molecule has 16 heavy (non-hydrogen) atoms. The Bertz CT molecular complexity index is 469. The molecule has 0 unspecified atom stereocenters. The Hall–Kier alpha value is -1.95. The number of aromatic nitrogens is 1. The van der Waals surface area contributed by atoms with E-state index in [1.807, 2.05) is 0 Å². The molecule has 2 aromatic rings. The van der Waals surface area contributed by atoms with Gasteiger partial charge in [-0.15, -0.1) is 11.3 Å². The number of carbonyl (C=O) groups is 1. The Morgan fingerprint density at radius 1 is 1.25 bits per heavy atom. The number of halogens is 1. The Morgan fingerprint density at radius 2 is 2.00 bits per heavy atom. The van der Waals surface area contributed by atoms with Crippen LogP contribution in [0.5, 0.6) is 0 Å². The third-order valence-electron chi connectivity index (χ3n) is 1.75. The van der Waals surface area contributed by atoms with Crippen LogP contribution in [0.25, 0.3) is 0 Å². The Morgan fingerprint density at radius 3 is 2.62 bits per heavy atom. The van der Waals surface area contributed by atoms with Crippen molar-refractivity contribution in [3.63, 3.8) is 0 Å². The van der Waals surface area contributed by atoms with E-state index in [0.717, 1.165) is 0 Å². The van der Waals surface area contributed by atoms with Gasteiger partial charge >= 0.3 is 6.03 Å². The lowest BCUT2D eigenvalue weighted by Crippen LogP contribution is -2.19. The maximum atomic E-state index is 12.6. The van der Waals surface area contributed by atoms with Crippen molar-refractivity contribution in [2.75, 3.05) is 10.6 Å². The molecule has 2 rings (SSSR count). The van der Waals surface area contributed by atoms with Gasteiger partial charge in [-0.25, -0.2) is 14.2 Å². The number of amides is 2. The van der Waals surface area contributed by atoms with Crippen LogP contribution in [-0.4, -0.2) is 11.0 Å². The monoisotopic (exact) mass is 237 g/mol. The predicted octanol–water partition coefficient (Wildman–Crippen LogP) is 2.93. The summed E-state index contributed by atoms with van der Waals surface area (Å²) >= 11 is 1.32. The van der Waals surface area contributed by atoms with Crippen LogP contribution in [0.15, 0.2) is 35.8 Å². The third kappa shape index (κ3) is 2.77. The van der Waals surface area contributed by atoms with Crippen molar-refractivity contribution in [2.24, 2.45) is 0 Å². The third-order valence-corrected chi connectivity index (χ3v) is 2.44. The fourth-order valence-corrected chi connectivity index (χ4v) is 1.60. The number of hydrogen-bond acceptors (Lipinski definition) is 3. The van der Waals surface area contributed by atoms with Crippen molar-refractivity contribution in [3.05, 3.63) is 41.7 Å². The molecule has 0 atom stereocenters. The molecule has 0 aliphatic rings. The van der Waals surface area contributed by atoms with E-state index >= 15 is 0 Å². The Labute approximate surface area is 95.1 Å². The van der Waals surface area contributed by atoms with Crippen molar-refractivity contribution in [1.82, 2.24) is 4.98 Å². The first kappa shape index (κ1) is 10.6. The molecule has 0 aliphatic carbocycles. The van der Waals surface area contributed by atoms with E-state index in [1.165, 1.54) is 35.6 Å². The molecule has 0 radical (unpaired) electrons. The fourth-order valence-electron chi connectivity index (χ4n) is 1.08. The molecule has 0 spiro atoms. The highest BCUT2D eigenvalue weighted by atomic mass is 32.1. The number of urea groups is 1. The van der Waals surface area contributed by atoms with E-state index in [4.69, 9.17) is 0 Å². The second-order valence-corrected chi connectivity index (χ2v) is 3.82. The molecule has 1 heterocycles. The Balaban J connectivity index is 1.95. The molecule has 82 valence electrons. The van der Waals surface area contributed by atoms with E-state index in [2.05, 4.69) is 15.6 Å². The van der Waals surface area contributed by atoms with Gasteiger partial charge < -0.3 is 5.32 Å². The normalized spacial score (nSPS) is 9.81. The summed E-state index contributed by atoms with van der Waals surface area (Å²) in [6.07, 6.45) is 1.60. The van der Waals surface area contributed by atoms with Crippen LogP contribution in [0.3, 0.4) is 0 Å². The summed E-state index contributed by atoms with van der Waals surface area (Å²) in [7, 11) is 0. The van der Waals surface area contributed by atoms with Gasteiger partial charge in [0.25, 0.3) is 0 Å². The highest BCUT2D eigenvalue weighted by molar-refractivity contribution is 7.13. The molecule has 0 saturated carbocycles. The molecule has 1 aromatic heterocycles. The zero-order valence-corrected chi connectivity index (χ0v) is 8.92. The fraction of sp³-hybridized carbons (Fsp3) is 0. The van der Waals surface area contributed by atoms with Gasteiger partial charge in [-0.3, -0.25) is 5.32 Å². The average molecular weight is 237 g/mol. The van der Waals surface area contributed by atoms with Crippen LogP contribution < -0.4 is 10.6 Å². The van der Waals surface area contributed by atoms with E-state index in [-0.39, 0.29) is 5.82 Å². The number of anilines is 2. The lowest BCUT2D eigenvalue weighted by molar-refractivity contribution is 0.262. The van der Waals surface area contributed by atoms with Gasteiger partial charge in [0.1, 0.15) is 5.82 Å². The predicted molar refractivity (Wildman–Crippen MR) is 61.2 cm³/mol. The summed E-state index contributed by atoms with van der Waals surface area (Å²) in [6.45, 7) is 0. The zero-order chi connectivity index (χ0) is 11.4. The number of carbonyl (C=O) groups excluding carboxylic acids is 1. The SMILES string of the molecule is O=C(Nc1ccc(F)cc1)Nc1nccs1. The van der Waals surface area contributed by atoms with Gasteiger partial charge in [-0.1, -0.05) is 0 Å². The number of thiazole rings is 1. The molecule has 2 amide bonds. The van der Waals surface area contributed by atoms with Crippen LogP contribution in [0, 0.1) is 5.82 Å². The first-order valence-corrected chi connectivity index (χ1v) is 5.35. The van der Waals surface area contributed by atoms with Gasteiger partial charge in [0.05, 0.1) is 0 Å². The van der Waals surface area contributed by atoms with Gasteiger partial charge in [-0.2, -0.15) is 0 Å². The number of benzene rings is 1. The van der Waals surface area contributed by atoms with Crippen molar-refractivity contribution >= 4 is 28.2 Å². The van der Waals surface area contributed by atoms with Crippen molar-refractivity contribution in [2.45, 2.75) is 0 Å². The van der Waals surface area contributed by atoms with Gasteiger partial charge in [0, 0.05) is 17.3 Å². The minimum atomic E-state index is -0.401. The van der Waals surface area contributed by atoms with Crippen molar-refractivity contribution in [1.29, 1.82) is 0 Å². The van der Waals surface area contributed by atoms with E-state index < -0.39 is 6.03 Å². The molecular weight excluding hydrogens is 229 g/mol. The standard InChI is InChI=1S/C10H8FN3OS/c11-7-1-3-8(4-2-7)13-9(15)14-10-12-5-6-16-10/h1-6H,(H2,12,13,14,15). The van der Waals surface area contributed by atoms with Crippen LogP contribution in [0.4, 0.5) is 20.0 Å². The van der Waals surface area contributed by atoms with Crippen LogP contribution in [-0.2, 0) is 0 Å². The topological polar surface area (TPSA) is 54.0 Å². The highest BCUT2D eigenvalue weighted by Crippen LogP contribution is 2.12. The molecule has 0 aliphatic heterocycles. The second kappa shape index (κ2) is 4.71. The van der Waals surface area contributed by atoms with E-state index in [0.29, 0.717) is 10.8 Å². The summed E-state index contributed by atoms with van der Waals surface area (Å²) in [5, 5.41) is 7.38. The summed E-state index contributed by atoms with van der Waals surface area (Å²) in [6, 6.07) is 5.12. The quantitative estimate of drug-likeness (QED) is 0.843. The maximum absolute atomic E-state index is 12.6. The van der Waals surface area contributed by atoms with Crippen LogP contribution in [0.2, 0.25) is 0 Å². The molecule has 0 bridgehead atoms. The number of nitrogens with one attached hydrogen (secondary N) is 2. The largest absolute Gasteiger partial charge is 0.325 e.